The minimum absolute atomic E-state index is 0.127. The van der Waals surface area contributed by atoms with E-state index in [0.717, 1.165) is 6.42 Å². The highest BCUT2D eigenvalue weighted by molar-refractivity contribution is 7.16. The van der Waals surface area contributed by atoms with E-state index in [1.54, 1.807) is 7.05 Å². The van der Waals surface area contributed by atoms with Gasteiger partial charge in [0.25, 0.3) is 0 Å². The van der Waals surface area contributed by atoms with Crippen LogP contribution in [-0.2, 0) is 6.18 Å². The van der Waals surface area contributed by atoms with Crippen molar-refractivity contribution >= 4 is 16.5 Å². The normalized spacial score (nSPS) is 11.3. The maximum atomic E-state index is 12.5. The second-order valence-electron chi connectivity index (χ2n) is 3.25. The maximum Gasteiger partial charge on any atom is 0.435 e. The predicted octanol–water partition coefficient (Wildman–Crippen LogP) is 2.38. The Balaban J connectivity index is 2.98. The highest BCUT2D eigenvalue weighted by atomic mass is 32.1. The molecule has 4 nitrogen and oxygen atoms in total. The molecule has 0 aliphatic heterocycles. The minimum atomic E-state index is -4.59. The van der Waals surface area contributed by atoms with Gasteiger partial charge in [0.15, 0.2) is 5.69 Å². The van der Waals surface area contributed by atoms with Gasteiger partial charge in [0.1, 0.15) is 10.9 Å². The molecule has 0 amide bonds. The summed E-state index contributed by atoms with van der Waals surface area (Å²) in [7, 11) is 1.57. The number of halogens is 3. The molecule has 0 atom stereocenters. The molecular weight excluding hydrogens is 253 g/mol. The molecule has 0 aromatic carbocycles. The second-order valence-corrected chi connectivity index (χ2v) is 4.23. The van der Waals surface area contributed by atoms with Crippen LogP contribution < -0.4 is 10.4 Å². The quantitative estimate of drug-likeness (QED) is 0.848. The zero-order valence-electron chi connectivity index (χ0n) is 9.30. The van der Waals surface area contributed by atoms with Crippen molar-refractivity contribution in [1.29, 1.82) is 5.26 Å². The molecule has 8 heteroatoms. The number of nitriles is 1. The number of rotatable bonds is 4. The van der Waals surface area contributed by atoms with Crippen molar-refractivity contribution in [3.63, 3.8) is 0 Å². The highest BCUT2D eigenvalue weighted by Crippen LogP contribution is 2.36. The van der Waals surface area contributed by atoms with E-state index < -0.39 is 16.7 Å². The number of nitrogens with zero attached hydrogens (tertiary/aromatic N) is 3. The lowest BCUT2D eigenvalue weighted by Gasteiger charge is -2.16. The van der Waals surface area contributed by atoms with E-state index in [0.29, 0.717) is 17.9 Å². The third-order valence-electron chi connectivity index (χ3n) is 1.87. The molecule has 0 radical (unpaired) electrons. The van der Waals surface area contributed by atoms with Crippen molar-refractivity contribution in [2.24, 2.45) is 0 Å². The molecule has 0 bridgehead atoms. The summed E-state index contributed by atoms with van der Waals surface area (Å²) in [6, 6.07) is 1.52. The van der Waals surface area contributed by atoms with Crippen LogP contribution in [0.25, 0.3) is 0 Å². The topological polar surface area (TPSA) is 52.0 Å². The number of hydrogen-bond acceptors (Lipinski definition) is 5. The number of thiazole rings is 1. The van der Waals surface area contributed by atoms with Gasteiger partial charge in [-0.15, -0.1) is 0 Å². The SMILES string of the molecule is CCCNN(C)c1nc(C(F)(F)F)c(C#N)s1. The van der Waals surface area contributed by atoms with E-state index in [1.807, 2.05) is 6.92 Å². The van der Waals surface area contributed by atoms with Crippen LogP contribution in [0, 0.1) is 11.3 Å². The van der Waals surface area contributed by atoms with Gasteiger partial charge in [-0.2, -0.15) is 18.4 Å². The number of nitrogens with one attached hydrogen (secondary N) is 1. The number of anilines is 1. The molecule has 1 rings (SSSR count). The van der Waals surface area contributed by atoms with Gasteiger partial charge in [0.2, 0.25) is 5.13 Å². The van der Waals surface area contributed by atoms with Crippen LogP contribution in [0.15, 0.2) is 0 Å². The molecule has 0 aliphatic rings. The monoisotopic (exact) mass is 264 g/mol. The van der Waals surface area contributed by atoms with Crippen molar-refractivity contribution in [3.05, 3.63) is 10.6 Å². The Morgan fingerprint density at radius 3 is 2.59 bits per heavy atom. The first kappa shape index (κ1) is 13.7. The zero-order valence-corrected chi connectivity index (χ0v) is 10.1. The summed E-state index contributed by atoms with van der Waals surface area (Å²) in [5.41, 5.74) is 1.75. The lowest BCUT2D eigenvalue weighted by molar-refractivity contribution is -0.140. The first-order chi connectivity index (χ1) is 7.90. The summed E-state index contributed by atoms with van der Waals surface area (Å²) in [6.45, 7) is 2.56. The summed E-state index contributed by atoms with van der Waals surface area (Å²) in [5, 5.41) is 10.2. The fourth-order valence-corrected chi connectivity index (χ4v) is 1.89. The van der Waals surface area contributed by atoms with Gasteiger partial charge < -0.3 is 0 Å². The predicted molar refractivity (Wildman–Crippen MR) is 58.5 cm³/mol. The third-order valence-corrected chi connectivity index (χ3v) is 2.91. The summed E-state index contributed by atoms with van der Waals surface area (Å²) < 4.78 is 37.6. The van der Waals surface area contributed by atoms with Gasteiger partial charge in [0, 0.05) is 13.6 Å². The summed E-state index contributed by atoms with van der Waals surface area (Å²) in [6.07, 6.45) is -3.75. The summed E-state index contributed by atoms with van der Waals surface area (Å²) in [4.78, 5) is 3.02. The lowest BCUT2D eigenvalue weighted by Crippen LogP contribution is -2.34. The van der Waals surface area contributed by atoms with Gasteiger partial charge >= 0.3 is 6.18 Å². The van der Waals surface area contributed by atoms with Gasteiger partial charge in [0.05, 0.1) is 0 Å². The zero-order chi connectivity index (χ0) is 13.1. The van der Waals surface area contributed by atoms with Crippen molar-refractivity contribution < 1.29 is 13.2 Å². The number of aromatic nitrogens is 1. The van der Waals surface area contributed by atoms with E-state index >= 15 is 0 Å². The first-order valence-corrected chi connectivity index (χ1v) is 5.67. The van der Waals surface area contributed by atoms with E-state index in [-0.39, 0.29) is 5.13 Å². The number of hydrazine groups is 1. The average Bonchev–Trinajstić information content (AvgIpc) is 2.69. The fourth-order valence-electron chi connectivity index (χ4n) is 1.07. The van der Waals surface area contributed by atoms with E-state index in [4.69, 9.17) is 5.26 Å². The highest BCUT2D eigenvalue weighted by Gasteiger charge is 2.38. The molecule has 0 saturated heterocycles. The van der Waals surface area contributed by atoms with Crippen molar-refractivity contribution in [2.45, 2.75) is 19.5 Å². The Morgan fingerprint density at radius 2 is 2.18 bits per heavy atom. The molecule has 1 aromatic heterocycles. The maximum absolute atomic E-state index is 12.5. The fraction of sp³-hybridized carbons (Fsp3) is 0.556. The molecular formula is C9H11F3N4S. The summed E-state index contributed by atoms with van der Waals surface area (Å²) >= 11 is 0.716. The number of alkyl halides is 3. The average molecular weight is 264 g/mol. The van der Waals surface area contributed by atoms with E-state index in [1.165, 1.54) is 11.1 Å². The molecule has 94 valence electrons. The smallest absolute Gasteiger partial charge is 0.287 e. The van der Waals surface area contributed by atoms with Crippen LogP contribution >= 0.6 is 11.3 Å². The van der Waals surface area contributed by atoms with Gasteiger partial charge in [-0.05, 0) is 6.42 Å². The summed E-state index contributed by atoms with van der Waals surface area (Å²) in [5.74, 6) is 0. The molecule has 17 heavy (non-hydrogen) atoms. The minimum Gasteiger partial charge on any atom is -0.287 e. The molecule has 0 saturated carbocycles. The van der Waals surface area contributed by atoms with Crippen LogP contribution in [-0.4, -0.2) is 18.6 Å². The Morgan fingerprint density at radius 1 is 1.53 bits per heavy atom. The molecule has 1 aromatic rings. The van der Waals surface area contributed by atoms with Crippen molar-refractivity contribution in [2.75, 3.05) is 18.6 Å². The third kappa shape index (κ3) is 3.31. The molecule has 0 unspecified atom stereocenters. The molecule has 1 N–H and O–H groups in total. The van der Waals surface area contributed by atoms with Crippen LogP contribution in [0.5, 0.6) is 0 Å². The first-order valence-electron chi connectivity index (χ1n) is 4.85. The van der Waals surface area contributed by atoms with Gasteiger partial charge in [-0.3, -0.25) is 5.01 Å². The standard InChI is InChI=1S/C9H11F3N4S/c1-3-4-14-16(2)8-15-7(9(10,11)12)6(5-13)17-8/h14H,3-4H2,1-2H3. The number of hydrogen-bond donors (Lipinski definition) is 1. The molecule has 0 fully saturated rings. The van der Waals surface area contributed by atoms with Crippen LogP contribution in [0.2, 0.25) is 0 Å². The Hall–Kier alpha value is -1.33. The Bertz CT molecular complexity index is 421. The second kappa shape index (κ2) is 5.33. The van der Waals surface area contributed by atoms with E-state index in [9.17, 15) is 13.2 Å². The Kier molecular flexibility index (Phi) is 4.31. The van der Waals surface area contributed by atoms with E-state index in [2.05, 4.69) is 10.4 Å². The largest absolute Gasteiger partial charge is 0.435 e. The van der Waals surface area contributed by atoms with Crippen molar-refractivity contribution in [1.82, 2.24) is 10.4 Å². The van der Waals surface area contributed by atoms with Crippen LogP contribution in [0.4, 0.5) is 18.3 Å². The lowest BCUT2D eigenvalue weighted by atomic mass is 10.4. The van der Waals surface area contributed by atoms with Crippen LogP contribution in [0.3, 0.4) is 0 Å². The van der Waals surface area contributed by atoms with Crippen molar-refractivity contribution in [3.8, 4) is 6.07 Å². The van der Waals surface area contributed by atoms with Gasteiger partial charge in [-0.25, -0.2) is 10.4 Å². The van der Waals surface area contributed by atoms with Crippen LogP contribution in [0.1, 0.15) is 23.9 Å². The van der Waals surface area contributed by atoms with Gasteiger partial charge in [-0.1, -0.05) is 18.3 Å². The molecule has 0 aliphatic carbocycles. The molecule has 1 heterocycles. The Labute approximate surface area is 101 Å². The molecule has 0 spiro atoms.